The second kappa shape index (κ2) is 8.92. The van der Waals surface area contributed by atoms with Crippen molar-refractivity contribution in [2.75, 3.05) is 26.3 Å². The molecule has 0 bridgehead atoms. The van der Waals surface area contributed by atoms with E-state index in [2.05, 4.69) is 0 Å². The van der Waals surface area contributed by atoms with Crippen LogP contribution < -0.4 is 5.73 Å². The van der Waals surface area contributed by atoms with Crippen molar-refractivity contribution < 1.29 is 9.53 Å². The molecule has 4 nitrogen and oxygen atoms in total. The van der Waals surface area contributed by atoms with Gasteiger partial charge in [0, 0.05) is 36.3 Å². The summed E-state index contributed by atoms with van der Waals surface area (Å²) in [6, 6.07) is 5.60. The third kappa shape index (κ3) is 5.01. The summed E-state index contributed by atoms with van der Waals surface area (Å²) in [6.07, 6.45) is 4.08. The Balaban J connectivity index is 0.00000225. The van der Waals surface area contributed by atoms with E-state index >= 15 is 0 Å². The monoisotopic (exact) mass is 406 g/mol. The lowest BCUT2D eigenvalue weighted by molar-refractivity contribution is -0.142. The van der Waals surface area contributed by atoms with E-state index in [-0.39, 0.29) is 18.3 Å². The Morgan fingerprint density at radius 1 is 1.24 bits per heavy atom. The fraction of sp³-hybridized carbons (Fsp3) is 0.611. The van der Waals surface area contributed by atoms with Crippen molar-refractivity contribution in [3.63, 3.8) is 0 Å². The number of carbonyl (C=O) groups is 1. The molecule has 2 aliphatic heterocycles. The highest BCUT2D eigenvalue weighted by molar-refractivity contribution is 6.33. The fourth-order valence-corrected chi connectivity index (χ4v) is 4.00. The molecule has 2 aliphatic rings. The predicted octanol–water partition coefficient (Wildman–Crippen LogP) is 3.70. The maximum atomic E-state index is 12.7. The summed E-state index contributed by atoms with van der Waals surface area (Å²) >= 11 is 12.3. The Kier molecular flexibility index (Phi) is 7.41. The molecule has 2 fully saturated rings. The zero-order valence-corrected chi connectivity index (χ0v) is 16.5. The van der Waals surface area contributed by atoms with Crippen LogP contribution in [0, 0.1) is 5.92 Å². The van der Waals surface area contributed by atoms with Gasteiger partial charge in [-0.1, -0.05) is 23.2 Å². The van der Waals surface area contributed by atoms with Crippen molar-refractivity contribution in [1.29, 1.82) is 0 Å². The number of nitrogens with zero attached hydrogens (tertiary/aromatic N) is 1. The molecule has 140 valence electrons. The van der Waals surface area contributed by atoms with Crippen LogP contribution in [0.2, 0.25) is 10.0 Å². The van der Waals surface area contributed by atoms with Gasteiger partial charge in [0.2, 0.25) is 5.91 Å². The van der Waals surface area contributed by atoms with E-state index in [9.17, 15) is 4.79 Å². The quantitative estimate of drug-likeness (QED) is 0.831. The fourth-order valence-electron chi connectivity index (χ4n) is 3.62. The van der Waals surface area contributed by atoms with Crippen molar-refractivity contribution in [3.05, 3.63) is 33.8 Å². The van der Waals surface area contributed by atoms with Gasteiger partial charge in [-0.05, 0) is 61.8 Å². The predicted molar refractivity (Wildman–Crippen MR) is 104 cm³/mol. The van der Waals surface area contributed by atoms with Crippen LogP contribution in [0.4, 0.5) is 0 Å². The number of rotatable bonds is 3. The number of carbonyl (C=O) groups excluding carboxylic acids is 1. The first-order chi connectivity index (χ1) is 11.5. The van der Waals surface area contributed by atoms with Crippen LogP contribution in [0.1, 0.15) is 31.2 Å². The second-order valence-electron chi connectivity index (χ2n) is 6.94. The van der Waals surface area contributed by atoms with Crippen molar-refractivity contribution in [3.8, 4) is 0 Å². The van der Waals surface area contributed by atoms with E-state index in [0.29, 0.717) is 37.0 Å². The Hall–Kier alpha value is -0.520. The highest BCUT2D eigenvalue weighted by Crippen LogP contribution is 2.29. The second-order valence-corrected chi connectivity index (χ2v) is 7.79. The van der Waals surface area contributed by atoms with Gasteiger partial charge >= 0.3 is 0 Å². The molecule has 1 aromatic carbocycles. The summed E-state index contributed by atoms with van der Waals surface area (Å²) in [5.41, 5.74) is 6.68. The highest BCUT2D eigenvalue weighted by atomic mass is 35.5. The minimum Gasteiger partial charge on any atom is -0.381 e. The standard InChI is InChI=1S/C18H24Cl2N2O2.ClH/c19-15-1-2-16(20)14(12-15)11-13-3-7-22(8-4-13)17(23)18(21)5-9-24-10-6-18;/h1-2,12-13H,3-11,21H2;1H. The molecule has 1 amide bonds. The minimum absolute atomic E-state index is 0. The van der Waals surface area contributed by atoms with Gasteiger partial charge in [0.1, 0.15) is 0 Å². The van der Waals surface area contributed by atoms with Crippen LogP contribution in [0.5, 0.6) is 0 Å². The minimum atomic E-state index is -0.735. The molecule has 2 heterocycles. The molecule has 1 aromatic rings. The average Bonchev–Trinajstić information content (AvgIpc) is 2.59. The first-order valence-corrected chi connectivity index (χ1v) is 9.33. The largest absolute Gasteiger partial charge is 0.381 e. The number of ether oxygens (including phenoxy) is 1. The zero-order valence-electron chi connectivity index (χ0n) is 14.2. The number of benzene rings is 1. The van der Waals surface area contributed by atoms with Crippen LogP contribution in [-0.4, -0.2) is 42.6 Å². The molecule has 0 aliphatic carbocycles. The van der Waals surface area contributed by atoms with E-state index in [1.807, 2.05) is 23.1 Å². The number of nitrogens with two attached hydrogens (primary N) is 1. The van der Waals surface area contributed by atoms with Gasteiger partial charge in [-0.15, -0.1) is 12.4 Å². The number of amides is 1. The maximum absolute atomic E-state index is 12.7. The summed E-state index contributed by atoms with van der Waals surface area (Å²) < 4.78 is 5.33. The molecular weight excluding hydrogens is 383 g/mol. The Bertz CT molecular complexity index is 598. The lowest BCUT2D eigenvalue weighted by Crippen LogP contribution is -2.59. The molecule has 0 saturated carbocycles. The van der Waals surface area contributed by atoms with Crippen molar-refractivity contribution in [2.24, 2.45) is 11.7 Å². The van der Waals surface area contributed by atoms with Crippen molar-refractivity contribution >= 4 is 41.5 Å². The van der Waals surface area contributed by atoms with Gasteiger partial charge in [-0.2, -0.15) is 0 Å². The molecule has 0 spiro atoms. The van der Waals surface area contributed by atoms with Crippen LogP contribution >= 0.6 is 35.6 Å². The van der Waals surface area contributed by atoms with Gasteiger partial charge in [0.05, 0.1) is 5.54 Å². The number of likely N-dealkylation sites (tertiary alicyclic amines) is 1. The van der Waals surface area contributed by atoms with Gasteiger partial charge < -0.3 is 15.4 Å². The number of halogens is 3. The van der Waals surface area contributed by atoms with Crippen LogP contribution in [-0.2, 0) is 16.0 Å². The maximum Gasteiger partial charge on any atom is 0.242 e. The summed E-state index contributed by atoms with van der Waals surface area (Å²) in [5.74, 6) is 0.610. The van der Waals surface area contributed by atoms with E-state index in [1.54, 1.807) is 0 Å². The van der Waals surface area contributed by atoms with Gasteiger partial charge in [-0.3, -0.25) is 4.79 Å². The Morgan fingerprint density at radius 3 is 2.52 bits per heavy atom. The van der Waals surface area contributed by atoms with E-state index < -0.39 is 5.54 Å². The number of hydrogen-bond donors (Lipinski definition) is 1. The summed E-state index contributed by atoms with van der Waals surface area (Å²) in [5, 5.41) is 1.48. The third-order valence-electron chi connectivity index (χ3n) is 5.23. The molecule has 2 saturated heterocycles. The number of piperidine rings is 1. The first kappa shape index (κ1) is 20.8. The van der Waals surface area contributed by atoms with Crippen LogP contribution in [0.15, 0.2) is 18.2 Å². The van der Waals surface area contributed by atoms with Crippen LogP contribution in [0.25, 0.3) is 0 Å². The van der Waals surface area contributed by atoms with Crippen molar-refractivity contribution in [2.45, 2.75) is 37.6 Å². The SMILES string of the molecule is Cl.NC1(C(=O)N2CCC(Cc3cc(Cl)ccc3Cl)CC2)CCOCC1. The van der Waals surface area contributed by atoms with Crippen LogP contribution in [0.3, 0.4) is 0 Å². The van der Waals surface area contributed by atoms with E-state index in [0.717, 1.165) is 42.9 Å². The highest BCUT2D eigenvalue weighted by Gasteiger charge is 2.39. The Morgan fingerprint density at radius 2 is 1.88 bits per heavy atom. The first-order valence-electron chi connectivity index (χ1n) is 8.58. The molecule has 0 unspecified atom stereocenters. The smallest absolute Gasteiger partial charge is 0.242 e. The van der Waals surface area contributed by atoms with E-state index in [1.165, 1.54) is 0 Å². The topological polar surface area (TPSA) is 55.6 Å². The molecule has 0 aromatic heterocycles. The zero-order chi connectivity index (χ0) is 17.2. The molecule has 7 heteroatoms. The molecule has 2 N–H and O–H groups in total. The van der Waals surface area contributed by atoms with Gasteiger partial charge in [-0.25, -0.2) is 0 Å². The normalized spacial score (nSPS) is 20.8. The third-order valence-corrected chi connectivity index (χ3v) is 5.83. The molecule has 0 atom stereocenters. The van der Waals surface area contributed by atoms with Crippen molar-refractivity contribution in [1.82, 2.24) is 4.90 Å². The summed E-state index contributed by atoms with van der Waals surface area (Å²) in [4.78, 5) is 14.7. The van der Waals surface area contributed by atoms with E-state index in [4.69, 9.17) is 33.7 Å². The molecule has 0 radical (unpaired) electrons. The molecule has 3 rings (SSSR count). The summed E-state index contributed by atoms with van der Waals surface area (Å²) in [7, 11) is 0. The number of hydrogen-bond acceptors (Lipinski definition) is 3. The summed E-state index contributed by atoms with van der Waals surface area (Å²) in [6.45, 7) is 2.68. The lowest BCUT2D eigenvalue weighted by Gasteiger charge is -2.40. The van der Waals surface area contributed by atoms with Gasteiger partial charge in [0.25, 0.3) is 0 Å². The lowest BCUT2D eigenvalue weighted by atomic mass is 9.86. The molecule has 25 heavy (non-hydrogen) atoms. The molecular formula is C18H25Cl3N2O2. The Labute approximate surface area is 165 Å². The average molecular weight is 408 g/mol. The van der Waals surface area contributed by atoms with Gasteiger partial charge in [0.15, 0.2) is 0 Å².